The van der Waals surface area contributed by atoms with Gasteiger partial charge in [-0.25, -0.2) is 9.78 Å². The smallest absolute Gasteiger partial charge is 0.332 e. The van der Waals surface area contributed by atoms with Gasteiger partial charge in [-0.15, -0.1) is 5.92 Å². The molecular weight excluding hydrogens is 468 g/mol. The lowest BCUT2D eigenvalue weighted by Crippen LogP contribution is -2.44. The summed E-state index contributed by atoms with van der Waals surface area (Å²) in [5, 5.41) is 10.8. The van der Waals surface area contributed by atoms with E-state index in [0.717, 1.165) is 34.9 Å². The molecule has 5 rings (SSSR count). The molecule has 0 spiro atoms. The van der Waals surface area contributed by atoms with Crippen LogP contribution < -0.4 is 21.9 Å². The first kappa shape index (κ1) is 24.3. The van der Waals surface area contributed by atoms with Crippen molar-refractivity contribution in [3.05, 3.63) is 61.9 Å². The molecule has 1 atom stereocenters. The fourth-order valence-corrected chi connectivity index (χ4v) is 5.09. The number of piperidine rings is 1. The van der Waals surface area contributed by atoms with Gasteiger partial charge < -0.3 is 10.6 Å². The predicted octanol–water partition coefficient (Wildman–Crippen LogP) is 1.62. The molecule has 0 bridgehead atoms. The third kappa shape index (κ3) is 4.05. The summed E-state index contributed by atoms with van der Waals surface area (Å²) in [7, 11) is 1.60. The second kappa shape index (κ2) is 9.57. The SMILES string of the molecule is CC#CCn1c(N2CCCC(N)C2)nc2c1c(=O)n(Cc1nc3ccccc3c(C)c1C#N)c(=O)n2C. The molecule has 4 heterocycles. The number of benzene rings is 1. The Morgan fingerprint density at radius 2 is 1.97 bits per heavy atom. The van der Waals surface area contributed by atoms with E-state index in [-0.39, 0.29) is 24.6 Å². The van der Waals surface area contributed by atoms with Gasteiger partial charge in [-0.1, -0.05) is 24.1 Å². The first-order chi connectivity index (χ1) is 17.8. The van der Waals surface area contributed by atoms with Crippen molar-refractivity contribution >= 4 is 28.0 Å². The van der Waals surface area contributed by atoms with Gasteiger partial charge >= 0.3 is 5.69 Å². The number of anilines is 1. The number of hydrogen-bond donors (Lipinski definition) is 1. The first-order valence-corrected chi connectivity index (χ1v) is 12.2. The molecule has 4 aromatic rings. The number of pyridine rings is 1. The molecule has 10 nitrogen and oxygen atoms in total. The Bertz CT molecular complexity index is 1760. The molecule has 2 N–H and O–H groups in total. The molecule has 0 aliphatic carbocycles. The molecule has 1 unspecified atom stereocenters. The zero-order chi connectivity index (χ0) is 26.3. The van der Waals surface area contributed by atoms with E-state index in [9.17, 15) is 14.9 Å². The summed E-state index contributed by atoms with van der Waals surface area (Å²) in [4.78, 5) is 38.8. The van der Waals surface area contributed by atoms with Crippen LogP contribution in [0.2, 0.25) is 0 Å². The molecule has 0 saturated carbocycles. The fraction of sp³-hybridized carbons (Fsp3) is 0.370. The maximum absolute atomic E-state index is 13.9. The van der Waals surface area contributed by atoms with Gasteiger partial charge in [-0.05, 0) is 38.3 Å². The van der Waals surface area contributed by atoms with Crippen molar-refractivity contribution in [1.82, 2.24) is 23.7 Å². The molecule has 37 heavy (non-hydrogen) atoms. The Kier molecular flexibility index (Phi) is 6.28. The molecule has 3 aromatic heterocycles. The summed E-state index contributed by atoms with van der Waals surface area (Å²) in [5.41, 5.74) is 7.98. The van der Waals surface area contributed by atoms with Crippen molar-refractivity contribution < 1.29 is 0 Å². The van der Waals surface area contributed by atoms with Crippen molar-refractivity contribution in [2.75, 3.05) is 18.0 Å². The third-order valence-corrected chi connectivity index (χ3v) is 7.01. The minimum atomic E-state index is -0.526. The van der Waals surface area contributed by atoms with Crippen LogP contribution >= 0.6 is 0 Å². The summed E-state index contributed by atoms with van der Waals surface area (Å²) in [5.74, 6) is 6.50. The number of nitrogens with two attached hydrogens (primary N) is 1. The molecule has 188 valence electrons. The van der Waals surface area contributed by atoms with Gasteiger partial charge in [0, 0.05) is 31.6 Å². The summed E-state index contributed by atoms with van der Waals surface area (Å²) in [6, 6.07) is 9.73. The van der Waals surface area contributed by atoms with Gasteiger partial charge in [0.25, 0.3) is 5.56 Å². The highest BCUT2D eigenvalue weighted by Crippen LogP contribution is 2.24. The van der Waals surface area contributed by atoms with E-state index >= 15 is 0 Å². The number of rotatable bonds is 4. The van der Waals surface area contributed by atoms with Gasteiger partial charge in [0.1, 0.15) is 6.07 Å². The Hall–Kier alpha value is -4.41. The molecular formula is C27H28N8O2. The van der Waals surface area contributed by atoms with Gasteiger partial charge in [-0.3, -0.25) is 18.5 Å². The van der Waals surface area contributed by atoms with E-state index in [1.807, 2.05) is 31.2 Å². The van der Waals surface area contributed by atoms with Crippen molar-refractivity contribution in [1.29, 1.82) is 5.26 Å². The minimum absolute atomic E-state index is 0.00590. The Morgan fingerprint density at radius 3 is 2.70 bits per heavy atom. The standard InChI is InChI=1S/C27H28N8O2/c1-4-5-13-34-23-24(31-26(34)33-12-8-9-18(29)15-33)32(3)27(37)35(25(23)36)16-22-20(14-28)17(2)19-10-6-7-11-21(19)30-22/h6-7,10-11,18H,8-9,12-13,15-16,29H2,1-3H3. The lowest BCUT2D eigenvalue weighted by molar-refractivity contribution is 0.496. The Morgan fingerprint density at radius 1 is 1.19 bits per heavy atom. The van der Waals surface area contributed by atoms with Gasteiger partial charge in [-0.2, -0.15) is 10.2 Å². The van der Waals surface area contributed by atoms with E-state index in [2.05, 4.69) is 27.8 Å². The average molecular weight is 497 g/mol. The van der Waals surface area contributed by atoms with Crippen LogP contribution in [0.1, 0.15) is 36.6 Å². The quantitative estimate of drug-likeness (QED) is 0.425. The second-order valence-electron chi connectivity index (χ2n) is 9.37. The van der Waals surface area contributed by atoms with Crippen LogP contribution in [0.15, 0.2) is 33.9 Å². The molecule has 1 aliphatic rings. The number of aryl methyl sites for hydroxylation is 2. The Balaban J connectivity index is 1.73. The highest BCUT2D eigenvalue weighted by Gasteiger charge is 2.26. The van der Waals surface area contributed by atoms with Crippen LogP contribution in [-0.2, 0) is 20.1 Å². The lowest BCUT2D eigenvalue weighted by Gasteiger charge is -2.31. The first-order valence-electron chi connectivity index (χ1n) is 12.2. The van der Waals surface area contributed by atoms with E-state index in [1.165, 1.54) is 4.57 Å². The van der Waals surface area contributed by atoms with Crippen molar-refractivity contribution in [2.45, 2.75) is 45.8 Å². The van der Waals surface area contributed by atoms with E-state index in [1.54, 1.807) is 18.5 Å². The van der Waals surface area contributed by atoms with Crippen molar-refractivity contribution in [3.63, 3.8) is 0 Å². The maximum Gasteiger partial charge on any atom is 0.332 e. The number of para-hydroxylation sites is 1. The minimum Gasteiger partial charge on any atom is -0.341 e. The molecule has 1 aromatic carbocycles. The summed E-state index contributed by atoms with van der Waals surface area (Å²) < 4.78 is 4.27. The second-order valence-corrected chi connectivity index (χ2v) is 9.37. The van der Waals surface area contributed by atoms with Gasteiger partial charge in [0.15, 0.2) is 11.2 Å². The zero-order valence-corrected chi connectivity index (χ0v) is 21.2. The van der Waals surface area contributed by atoms with E-state index < -0.39 is 11.2 Å². The summed E-state index contributed by atoms with van der Waals surface area (Å²) in [6.07, 6.45) is 1.84. The topological polar surface area (TPSA) is 128 Å². The summed E-state index contributed by atoms with van der Waals surface area (Å²) >= 11 is 0. The predicted molar refractivity (Wildman–Crippen MR) is 142 cm³/mol. The van der Waals surface area contributed by atoms with Crippen LogP contribution in [0, 0.1) is 30.1 Å². The normalized spacial score (nSPS) is 15.5. The lowest BCUT2D eigenvalue weighted by atomic mass is 10.0. The van der Waals surface area contributed by atoms with E-state index in [4.69, 9.17) is 10.7 Å². The number of aromatic nitrogens is 5. The maximum atomic E-state index is 13.9. The Labute approximate surface area is 213 Å². The molecule has 0 amide bonds. The average Bonchev–Trinajstić information content (AvgIpc) is 3.28. The number of hydrogen-bond acceptors (Lipinski definition) is 7. The van der Waals surface area contributed by atoms with Crippen LogP contribution in [-0.4, -0.2) is 42.8 Å². The third-order valence-electron chi connectivity index (χ3n) is 7.01. The summed E-state index contributed by atoms with van der Waals surface area (Å²) in [6.45, 7) is 5.06. The van der Waals surface area contributed by atoms with Crippen molar-refractivity contribution in [2.24, 2.45) is 12.8 Å². The number of nitriles is 1. The van der Waals surface area contributed by atoms with Gasteiger partial charge in [0.2, 0.25) is 5.95 Å². The highest BCUT2D eigenvalue weighted by molar-refractivity contribution is 5.84. The highest BCUT2D eigenvalue weighted by atomic mass is 16.2. The number of fused-ring (bicyclic) bond motifs is 2. The molecule has 10 heteroatoms. The fourth-order valence-electron chi connectivity index (χ4n) is 5.09. The van der Waals surface area contributed by atoms with Crippen LogP contribution in [0.4, 0.5) is 5.95 Å². The molecule has 1 fully saturated rings. The number of nitrogens with zero attached hydrogens (tertiary/aromatic N) is 7. The van der Waals surface area contributed by atoms with Crippen LogP contribution in [0.3, 0.4) is 0 Å². The monoisotopic (exact) mass is 496 g/mol. The van der Waals surface area contributed by atoms with Crippen LogP contribution in [0.5, 0.6) is 0 Å². The molecule has 0 radical (unpaired) electrons. The molecule has 1 saturated heterocycles. The molecule has 1 aliphatic heterocycles. The van der Waals surface area contributed by atoms with E-state index in [0.29, 0.717) is 34.9 Å². The zero-order valence-electron chi connectivity index (χ0n) is 21.2. The van der Waals surface area contributed by atoms with Crippen LogP contribution in [0.25, 0.3) is 22.1 Å². The van der Waals surface area contributed by atoms with Gasteiger partial charge in [0.05, 0.1) is 29.9 Å². The number of imidazole rings is 1. The van der Waals surface area contributed by atoms with Crippen molar-refractivity contribution in [3.8, 4) is 17.9 Å². The largest absolute Gasteiger partial charge is 0.341 e.